The lowest BCUT2D eigenvalue weighted by Crippen LogP contribution is -2.39. The first-order chi connectivity index (χ1) is 6.89. The van der Waals surface area contributed by atoms with Gasteiger partial charge in [-0.3, -0.25) is 4.79 Å². The first kappa shape index (κ1) is 12.5. The topological polar surface area (TPSA) is 41.1 Å². The van der Waals surface area contributed by atoms with Crippen LogP contribution in [0.1, 0.15) is 40.5 Å². The van der Waals surface area contributed by atoms with Gasteiger partial charge in [0.1, 0.15) is 0 Å². The lowest BCUT2D eigenvalue weighted by molar-refractivity contribution is -0.120. The standard InChI is InChI=1S/C12H24N2O/c1-9(12(2,3)4)7-14-11(15)8-13-10-5-6-10/h9-10,13H,5-8H2,1-4H3,(H,14,15). The first-order valence-electron chi connectivity index (χ1n) is 5.89. The normalized spacial score (nSPS) is 18.7. The van der Waals surface area contributed by atoms with Gasteiger partial charge in [0.2, 0.25) is 5.91 Å². The van der Waals surface area contributed by atoms with E-state index in [-0.39, 0.29) is 11.3 Å². The van der Waals surface area contributed by atoms with Crippen molar-refractivity contribution in [3.63, 3.8) is 0 Å². The van der Waals surface area contributed by atoms with E-state index in [2.05, 4.69) is 38.3 Å². The Kier molecular flexibility index (Phi) is 4.14. The lowest BCUT2D eigenvalue weighted by atomic mass is 9.82. The minimum Gasteiger partial charge on any atom is -0.355 e. The molecule has 0 saturated heterocycles. The van der Waals surface area contributed by atoms with Gasteiger partial charge in [-0.15, -0.1) is 0 Å². The van der Waals surface area contributed by atoms with Crippen molar-refractivity contribution < 1.29 is 4.79 Å². The summed E-state index contributed by atoms with van der Waals surface area (Å²) in [7, 11) is 0. The number of nitrogens with one attached hydrogen (secondary N) is 2. The number of amides is 1. The van der Waals surface area contributed by atoms with E-state index in [1.165, 1.54) is 12.8 Å². The molecule has 1 saturated carbocycles. The Hall–Kier alpha value is -0.570. The van der Waals surface area contributed by atoms with E-state index < -0.39 is 0 Å². The summed E-state index contributed by atoms with van der Waals surface area (Å²) in [6.07, 6.45) is 2.46. The Morgan fingerprint density at radius 1 is 1.40 bits per heavy atom. The van der Waals surface area contributed by atoms with Crippen molar-refractivity contribution in [3.05, 3.63) is 0 Å². The van der Waals surface area contributed by atoms with E-state index in [0.29, 0.717) is 18.5 Å². The van der Waals surface area contributed by atoms with Crippen LogP contribution in [0.15, 0.2) is 0 Å². The molecule has 88 valence electrons. The zero-order chi connectivity index (χ0) is 11.5. The predicted molar refractivity (Wildman–Crippen MR) is 62.7 cm³/mol. The summed E-state index contributed by atoms with van der Waals surface area (Å²) in [5.74, 6) is 0.625. The molecule has 1 aliphatic rings. The van der Waals surface area contributed by atoms with Crippen LogP contribution in [0, 0.1) is 11.3 Å². The van der Waals surface area contributed by atoms with Gasteiger partial charge in [0, 0.05) is 12.6 Å². The Bertz CT molecular complexity index is 216. The van der Waals surface area contributed by atoms with Crippen molar-refractivity contribution in [3.8, 4) is 0 Å². The van der Waals surface area contributed by atoms with Crippen LogP contribution in [-0.2, 0) is 4.79 Å². The van der Waals surface area contributed by atoms with Crippen molar-refractivity contribution in [2.45, 2.75) is 46.6 Å². The summed E-state index contributed by atoms with van der Waals surface area (Å²) >= 11 is 0. The third-order valence-corrected chi connectivity index (χ3v) is 3.21. The number of carbonyl (C=O) groups is 1. The summed E-state index contributed by atoms with van der Waals surface area (Å²) in [5, 5.41) is 6.18. The molecular weight excluding hydrogens is 188 g/mol. The number of hydrogen-bond donors (Lipinski definition) is 2. The monoisotopic (exact) mass is 212 g/mol. The fourth-order valence-corrected chi connectivity index (χ4v) is 1.16. The second kappa shape index (κ2) is 4.97. The molecule has 0 radical (unpaired) electrons. The molecule has 1 atom stereocenters. The molecule has 0 aliphatic heterocycles. The minimum absolute atomic E-state index is 0.123. The molecule has 0 aromatic heterocycles. The molecule has 0 aromatic rings. The lowest BCUT2D eigenvalue weighted by Gasteiger charge is -2.27. The summed E-state index contributed by atoms with van der Waals surface area (Å²) in [6, 6.07) is 0.607. The number of carbonyl (C=O) groups excluding carboxylic acids is 1. The molecule has 1 unspecified atom stereocenters. The molecule has 15 heavy (non-hydrogen) atoms. The van der Waals surface area contributed by atoms with Crippen molar-refractivity contribution in [2.24, 2.45) is 11.3 Å². The molecule has 1 fully saturated rings. The van der Waals surface area contributed by atoms with E-state index in [1.807, 2.05) is 0 Å². The van der Waals surface area contributed by atoms with E-state index >= 15 is 0 Å². The van der Waals surface area contributed by atoms with Crippen LogP contribution < -0.4 is 10.6 Å². The highest BCUT2D eigenvalue weighted by Crippen LogP contribution is 2.24. The highest BCUT2D eigenvalue weighted by Gasteiger charge is 2.22. The van der Waals surface area contributed by atoms with Gasteiger partial charge >= 0.3 is 0 Å². The molecule has 0 bridgehead atoms. The molecule has 3 nitrogen and oxygen atoms in total. The van der Waals surface area contributed by atoms with Gasteiger partial charge in [0.05, 0.1) is 6.54 Å². The van der Waals surface area contributed by atoms with E-state index in [4.69, 9.17) is 0 Å². The van der Waals surface area contributed by atoms with Gasteiger partial charge < -0.3 is 10.6 Å². The molecule has 0 aromatic carbocycles. The molecule has 3 heteroatoms. The maximum Gasteiger partial charge on any atom is 0.233 e. The number of hydrogen-bond acceptors (Lipinski definition) is 2. The van der Waals surface area contributed by atoms with Crippen LogP contribution in [-0.4, -0.2) is 25.0 Å². The Balaban J connectivity index is 2.09. The second-order valence-electron chi connectivity index (χ2n) is 5.73. The molecule has 1 aliphatic carbocycles. The maximum absolute atomic E-state index is 11.4. The third-order valence-electron chi connectivity index (χ3n) is 3.21. The van der Waals surface area contributed by atoms with Crippen molar-refractivity contribution in [2.75, 3.05) is 13.1 Å². The van der Waals surface area contributed by atoms with Gasteiger partial charge in [-0.2, -0.15) is 0 Å². The third kappa shape index (κ3) is 5.17. The van der Waals surface area contributed by atoms with Crippen LogP contribution in [0.25, 0.3) is 0 Å². The van der Waals surface area contributed by atoms with Gasteiger partial charge in [-0.05, 0) is 24.2 Å². The van der Waals surface area contributed by atoms with Gasteiger partial charge in [-0.25, -0.2) is 0 Å². The Morgan fingerprint density at radius 2 is 2.00 bits per heavy atom. The average Bonchev–Trinajstić information content (AvgIpc) is 2.92. The fourth-order valence-electron chi connectivity index (χ4n) is 1.16. The maximum atomic E-state index is 11.4. The molecule has 2 N–H and O–H groups in total. The largest absolute Gasteiger partial charge is 0.355 e. The second-order valence-corrected chi connectivity index (χ2v) is 5.73. The predicted octanol–water partition coefficient (Wildman–Crippen LogP) is 1.54. The quantitative estimate of drug-likeness (QED) is 0.726. The summed E-state index contributed by atoms with van der Waals surface area (Å²) in [5.41, 5.74) is 0.261. The zero-order valence-electron chi connectivity index (χ0n) is 10.4. The SMILES string of the molecule is CC(CNC(=O)CNC1CC1)C(C)(C)C. The van der Waals surface area contributed by atoms with E-state index in [0.717, 1.165) is 6.54 Å². The highest BCUT2D eigenvalue weighted by molar-refractivity contribution is 5.78. The summed E-state index contributed by atoms with van der Waals surface area (Å²) < 4.78 is 0. The summed E-state index contributed by atoms with van der Waals surface area (Å²) in [4.78, 5) is 11.4. The Morgan fingerprint density at radius 3 is 2.47 bits per heavy atom. The highest BCUT2D eigenvalue weighted by atomic mass is 16.1. The minimum atomic E-state index is 0.123. The summed E-state index contributed by atoms with van der Waals surface area (Å²) in [6.45, 7) is 10.0. The fraction of sp³-hybridized carbons (Fsp3) is 0.917. The van der Waals surface area contributed by atoms with Crippen LogP contribution in [0.5, 0.6) is 0 Å². The van der Waals surface area contributed by atoms with Crippen molar-refractivity contribution in [1.29, 1.82) is 0 Å². The smallest absolute Gasteiger partial charge is 0.233 e. The average molecular weight is 212 g/mol. The van der Waals surface area contributed by atoms with Crippen LogP contribution in [0.3, 0.4) is 0 Å². The number of rotatable bonds is 5. The van der Waals surface area contributed by atoms with E-state index in [9.17, 15) is 4.79 Å². The molecule has 1 rings (SSSR count). The van der Waals surface area contributed by atoms with E-state index in [1.54, 1.807) is 0 Å². The molecule has 0 heterocycles. The van der Waals surface area contributed by atoms with Crippen LogP contribution >= 0.6 is 0 Å². The molecule has 0 spiro atoms. The van der Waals surface area contributed by atoms with Gasteiger partial charge in [0.25, 0.3) is 0 Å². The Labute approximate surface area is 93.0 Å². The van der Waals surface area contributed by atoms with Crippen molar-refractivity contribution >= 4 is 5.91 Å². The van der Waals surface area contributed by atoms with Crippen molar-refractivity contribution in [1.82, 2.24) is 10.6 Å². The molecular formula is C12H24N2O. The van der Waals surface area contributed by atoms with Gasteiger partial charge in [-0.1, -0.05) is 27.7 Å². The first-order valence-corrected chi connectivity index (χ1v) is 5.89. The zero-order valence-corrected chi connectivity index (χ0v) is 10.4. The molecule has 1 amide bonds. The van der Waals surface area contributed by atoms with Crippen LogP contribution in [0.2, 0.25) is 0 Å². The van der Waals surface area contributed by atoms with Crippen LogP contribution in [0.4, 0.5) is 0 Å². The van der Waals surface area contributed by atoms with Gasteiger partial charge in [0.15, 0.2) is 0 Å².